The summed E-state index contributed by atoms with van der Waals surface area (Å²) < 4.78 is 0. The zero-order valence-corrected chi connectivity index (χ0v) is 13.8. The molecule has 1 aliphatic heterocycles. The number of hydrogen-bond acceptors (Lipinski definition) is 3. The molecule has 1 aromatic heterocycles. The first-order valence-electron chi connectivity index (χ1n) is 8.18. The van der Waals surface area contributed by atoms with Crippen molar-refractivity contribution in [3.63, 3.8) is 0 Å². The van der Waals surface area contributed by atoms with Crippen LogP contribution in [0, 0.1) is 0 Å². The van der Waals surface area contributed by atoms with Crippen LogP contribution in [0.2, 0.25) is 0 Å². The molecule has 1 aliphatic rings. The molecule has 5 nitrogen and oxygen atoms in total. The summed E-state index contributed by atoms with van der Waals surface area (Å²) >= 11 is 0. The molecule has 122 valence electrons. The Bertz CT molecular complexity index is 658. The number of amides is 1. The Labute approximate surface area is 137 Å². The monoisotopic (exact) mass is 312 g/mol. The van der Waals surface area contributed by atoms with Crippen molar-refractivity contribution in [3.05, 3.63) is 47.8 Å². The minimum Gasteiger partial charge on any atom is -0.369 e. The highest BCUT2D eigenvalue weighted by Crippen LogP contribution is 2.25. The first-order valence-corrected chi connectivity index (χ1v) is 8.18. The SMILES string of the molecule is CCc1ccc(N2CCN(C)CC2)cc1NC(=O)c1ccc[nH]1. The van der Waals surface area contributed by atoms with Crippen LogP contribution in [0.15, 0.2) is 36.5 Å². The van der Waals surface area contributed by atoms with Gasteiger partial charge in [-0.2, -0.15) is 0 Å². The second kappa shape index (κ2) is 6.87. The van der Waals surface area contributed by atoms with E-state index in [9.17, 15) is 4.79 Å². The molecule has 0 aliphatic carbocycles. The van der Waals surface area contributed by atoms with E-state index in [0.29, 0.717) is 5.69 Å². The number of aryl methyl sites for hydroxylation is 1. The number of hydrogen-bond donors (Lipinski definition) is 2. The van der Waals surface area contributed by atoms with Crippen molar-refractivity contribution in [2.24, 2.45) is 0 Å². The molecule has 1 aromatic carbocycles. The number of aromatic amines is 1. The van der Waals surface area contributed by atoms with Crippen LogP contribution in [0.25, 0.3) is 0 Å². The third kappa shape index (κ3) is 3.56. The number of rotatable bonds is 4. The zero-order chi connectivity index (χ0) is 16.2. The number of nitrogens with zero attached hydrogens (tertiary/aromatic N) is 2. The number of anilines is 2. The molecule has 0 spiro atoms. The fraction of sp³-hybridized carbons (Fsp3) is 0.389. The number of H-pyrrole nitrogens is 1. The van der Waals surface area contributed by atoms with Crippen LogP contribution in [0.1, 0.15) is 23.0 Å². The van der Waals surface area contributed by atoms with E-state index in [1.807, 2.05) is 6.07 Å². The van der Waals surface area contributed by atoms with Crippen molar-refractivity contribution >= 4 is 17.3 Å². The Morgan fingerprint density at radius 3 is 2.65 bits per heavy atom. The maximum Gasteiger partial charge on any atom is 0.272 e. The van der Waals surface area contributed by atoms with E-state index in [1.54, 1.807) is 12.3 Å². The van der Waals surface area contributed by atoms with Gasteiger partial charge in [-0.3, -0.25) is 4.79 Å². The standard InChI is InChI=1S/C18H24N4O/c1-3-14-6-7-15(22-11-9-21(2)10-12-22)13-17(14)20-18(23)16-5-4-8-19-16/h4-8,13,19H,3,9-12H2,1-2H3,(H,20,23). The second-order valence-electron chi connectivity index (χ2n) is 6.02. The number of nitrogens with one attached hydrogen (secondary N) is 2. The number of likely N-dealkylation sites (N-methyl/N-ethyl adjacent to an activating group) is 1. The third-order valence-electron chi connectivity index (χ3n) is 4.43. The van der Waals surface area contributed by atoms with Crippen molar-refractivity contribution in [2.75, 3.05) is 43.4 Å². The molecule has 1 saturated heterocycles. The number of benzene rings is 1. The summed E-state index contributed by atoms with van der Waals surface area (Å²) in [6.45, 7) is 6.28. The molecule has 0 saturated carbocycles. The number of piperazine rings is 1. The molecule has 0 bridgehead atoms. The molecule has 1 fully saturated rings. The van der Waals surface area contributed by atoms with Crippen molar-refractivity contribution in [2.45, 2.75) is 13.3 Å². The molecular weight excluding hydrogens is 288 g/mol. The predicted octanol–water partition coefficient (Wildman–Crippen LogP) is 2.58. The molecule has 23 heavy (non-hydrogen) atoms. The molecule has 1 amide bonds. The van der Waals surface area contributed by atoms with Gasteiger partial charge in [-0.25, -0.2) is 0 Å². The summed E-state index contributed by atoms with van der Waals surface area (Å²) in [5.41, 5.74) is 3.82. The zero-order valence-electron chi connectivity index (χ0n) is 13.8. The summed E-state index contributed by atoms with van der Waals surface area (Å²) in [6, 6.07) is 10.00. The topological polar surface area (TPSA) is 51.4 Å². The molecule has 2 N–H and O–H groups in total. The third-order valence-corrected chi connectivity index (χ3v) is 4.43. The molecule has 3 rings (SSSR count). The van der Waals surface area contributed by atoms with Gasteiger partial charge in [-0.1, -0.05) is 13.0 Å². The van der Waals surface area contributed by atoms with E-state index < -0.39 is 0 Å². The lowest BCUT2D eigenvalue weighted by molar-refractivity contribution is 0.102. The van der Waals surface area contributed by atoms with Gasteiger partial charge < -0.3 is 20.1 Å². The Balaban J connectivity index is 1.80. The summed E-state index contributed by atoms with van der Waals surface area (Å²) in [4.78, 5) is 20.0. The first-order chi connectivity index (χ1) is 11.2. The summed E-state index contributed by atoms with van der Waals surface area (Å²) in [6.07, 6.45) is 2.65. The van der Waals surface area contributed by atoms with Gasteiger partial charge in [0.2, 0.25) is 0 Å². The van der Waals surface area contributed by atoms with E-state index in [1.165, 1.54) is 5.69 Å². The summed E-state index contributed by atoms with van der Waals surface area (Å²) in [7, 11) is 2.15. The first kappa shape index (κ1) is 15.6. The Kier molecular flexibility index (Phi) is 4.67. The Hall–Kier alpha value is -2.27. The average molecular weight is 312 g/mol. The predicted molar refractivity (Wildman–Crippen MR) is 94.3 cm³/mol. The van der Waals surface area contributed by atoms with Gasteiger partial charge in [-0.05, 0) is 43.3 Å². The number of carbonyl (C=O) groups is 1. The lowest BCUT2D eigenvalue weighted by atomic mass is 10.1. The van der Waals surface area contributed by atoms with Gasteiger partial charge in [0.15, 0.2) is 0 Å². The largest absolute Gasteiger partial charge is 0.369 e. The quantitative estimate of drug-likeness (QED) is 0.912. The molecule has 2 heterocycles. The van der Waals surface area contributed by atoms with Crippen LogP contribution in [-0.4, -0.2) is 49.0 Å². The van der Waals surface area contributed by atoms with Crippen LogP contribution >= 0.6 is 0 Å². The van der Waals surface area contributed by atoms with E-state index in [0.717, 1.165) is 43.9 Å². The van der Waals surface area contributed by atoms with Crippen LogP contribution in [0.4, 0.5) is 11.4 Å². The maximum atomic E-state index is 12.3. The molecule has 0 radical (unpaired) electrons. The van der Waals surface area contributed by atoms with E-state index in [-0.39, 0.29) is 5.91 Å². The fourth-order valence-electron chi connectivity index (χ4n) is 2.91. The smallest absolute Gasteiger partial charge is 0.272 e. The lowest BCUT2D eigenvalue weighted by Gasteiger charge is -2.34. The van der Waals surface area contributed by atoms with Gasteiger partial charge in [-0.15, -0.1) is 0 Å². The minimum absolute atomic E-state index is 0.0970. The molecule has 0 atom stereocenters. The molecule has 2 aromatic rings. The second-order valence-corrected chi connectivity index (χ2v) is 6.02. The van der Waals surface area contributed by atoms with Gasteiger partial charge in [0, 0.05) is 43.8 Å². The highest BCUT2D eigenvalue weighted by Gasteiger charge is 2.16. The van der Waals surface area contributed by atoms with Gasteiger partial charge in [0.25, 0.3) is 5.91 Å². The van der Waals surface area contributed by atoms with Gasteiger partial charge in [0.1, 0.15) is 5.69 Å². The Morgan fingerprint density at radius 1 is 1.22 bits per heavy atom. The summed E-state index contributed by atoms with van der Waals surface area (Å²) in [5, 5.41) is 3.04. The lowest BCUT2D eigenvalue weighted by Crippen LogP contribution is -2.44. The fourth-order valence-corrected chi connectivity index (χ4v) is 2.91. The van der Waals surface area contributed by atoms with Gasteiger partial charge in [0.05, 0.1) is 0 Å². The van der Waals surface area contributed by atoms with E-state index >= 15 is 0 Å². The van der Waals surface area contributed by atoms with Crippen molar-refractivity contribution in [1.82, 2.24) is 9.88 Å². The van der Waals surface area contributed by atoms with Crippen LogP contribution in [-0.2, 0) is 6.42 Å². The normalized spacial score (nSPS) is 15.7. The van der Waals surface area contributed by atoms with Crippen molar-refractivity contribution in [3.8, 4) is 0 Å². The van der Waals surface area contributed by atoms with Gasteiger partial charge >= 0.3 is 0 Å². The average Bonchev–Trinajstić information content (AvgIpc) is 3.10. The Morgan fingerprint density at radius 2 is 2.00 bits per heavy atom. The van der Waals surface area contributed by atoms with Crippen molar-refractivity contribution in [1.29, 1.82) is 0 Å². The molecule has 0 unspecified atom stereocenters. The van der Waals surface area contributed by atoms with Crippen LogP contribution in [0.3, 0.4) is 0 Å². The molecular formula is C18H24N4O. The van der Waals surface area contributed by atoms with Crippen LogP contribution in [0.5, 0.6) is 0 Å². The van der Waals surface area contributed by atoms with E-state index in [4.69, 9.17) is 0 Å². The number of carbonyl (C=O) groups excluding carboxylic acids is 1. The number of aromatic nitrogens is 1. The summed E-state index contributed by atoms with van der Waals surface area (Å²) in [5.74, 6) is -0.0970. The highest BCUT2D eigenvalue weighted by molar-refractivity contribution is 6.03. The van der Waals surface area contributed by atoms with Crippen molar-refractivity contribution < 1.29 is 4.79 Å². The van der Waals surface area contributed by atoms with Crippen LogP contribution < -0.4 is 10.2 Å². The van der Waals surface area contributed by atoms with E-state index in [2.05, 4.69) is 52.3 Å². The molecule has 5 heteroatoms. The maximum absolute atomic E-state index is 12.3. The highest BCUT2D eigenvalue weighted by atomic mass is 16.1. The minimum atomic E-state index is -0.0970.